The highest BCUT2D eigenvalue weighted by molar-refractivity contribution is 6.06. The van der Waals surface area contributed by atoms with E-state index in [-0.39, 0.29) is 12.5 Å². The van der Waals surface area contributed by atoms with E-state index in [0.717, 1.165) is 47.0 Å². The number of hydrogen-bond acceptors (Lipinski definition) is 3. The number of pyridine rings is 1. The first-order chi connectivity index (χ1) is 11.1. The molecule has 0 spiro atoms. The van der Waals surface area contributed by atoms with E-state index in [1.807, 2.05) is 38.1 Å². The third kappa shape index (κ3) is 3.37. The Morgan fingerprint density at radius 1 is 1.30 bits per heavy atom. The van der Waals surface area contributed by atoms with Gasteiger partial charge in [0.15, 0.2) is 0 Å². The number of carbonyl (C=O) groups excluding carboxylic acids is 1. The molecule has 0 bridgehead atoms. The lowest BCUT2D eigenvalue weighted by atomic mass is 10.0. The van der Waals surface area contributed by atoms with E-state index in [9.17, 15) is 9.90 Å². The van der Waals surface area contributed by atoms with Gasteiger partial charge in [-0.15, -0.1) is 0 Å². The van der Waals surface area contributed by atoms with Crippen molar-refractivity contribution in [2.75, 3.05) is 19.7 Å². The summed E-state index contributed by atoms with van der Waals surface area (Å²) in [5, 5.41) is 10.2. The molecule has 1 saturated carbocycles. The molecule has 4 nitrogen and oxygen atoms in total. The van der Waals surface area contributed by atoms with Crippen molar-refractivity contribution in [2.24, 2.45) is 0 Å². The van der Waals surface area contributed by atoms with Gasteiger partial charge in [0.2, 0.25) is 0 Å². The number of carbonyl (C=O) groups is 1. The molecule has 1 fully saturated rings. The second kappa shape index (κ2) is 6.67. The second-order valence-corrected chi connectivity index (χ2v) is 6.41. The number of fused-ring (bicyclic) bond motifs is 1. The van der Waals surface area contributed by atoms with Crippen LogP contribution >= 0.6 is 0 Å². The number of nitrogens with zero attached hydrogens (tertiary/aromatic N) is 2. The average molecular weight is 312 g/mol. The quantitative estimate of drug-likeness (QED) is 0.890. The minimum Gasteiger partial charge on any atom is -0.395 e. The fourth-order valence-corrected chi connectivity index (χ4v) is 3.00. The van der Waals surface area contributed by atoms with Crippen molar-refractivity contribution in [3.05, 3.63) is 41.1 Å². The molecule has 1 aliphatic rings. The predicted octanol–water partition coefficient (Wildman–Crippen LogP) is 3.27. The molecule has 1 aromatic carbocycles. The van der Waals surface area contributed by atoms with Gasteiger partial charge in [-0.2, -0.15) is 0 Å². The molecule has 3 rings (SSSR count). The smallest absolute Gasteiger partial charge is 0.254 e. The molecule has 0 saturated heterocycles. The van der Waals surface area contributed by atoms with Crippen LogP contribution in [0.5, 0.6) is 0 Å². The van der Waals surface area contributed by atoms with Crippen molar-refractivity contribution in [1.29, 1.82) is 0 Å². The average Bonchev–Trinajstić information content (AvgIpc) is 3.38. The second-order valence-electron chi connectivity index (χ2n) is 6.41. The van der Waals surface area contributed by atoms with Crippen LogP contribution in [-0.2, 0) is 0 Å². The summed E-state index contributed by atoms with van der Waals surface area (Å²) in [6.45, 7) is 5.10. The van der Waals surface area contributed by atoms with Crippen LogP contribution in [0.4, 0.5) is 0 Å². The molecule has 1 aliphatic carbocycles. The minimum atomic E-state index is -0.0106. The zero-order chi connectivity index (χ0) is 16.4. The van der Waals surface area contributed by atoms with Crippen LogP contribution in [0, 0.1) is 6.92 Å². The molecule has 0 radical (unpaired) electrons. The van der Waals surface area contributed by atoms with E-state index < -0.39 is 0 Å². The number of benzene rings is 1. The lowest BCUT2D eigenvalue weighted by Gasteiger charge is -2.22. The summed E-state index contributed by atoms with van der Waals surface area (Å²) in [5.41, 5.74) is 3.77. The summed E-state index contributed by atoms with van der Waals surface area (Å²) < 4.78 is 0. The SMILES string of the molecule is CCCN(CCO)C(=O)c1cc(C2CC2)nc2ccc(C)cc12. The molecular formula is C19H24N2O2. The summed E-state index contributed by atoms with van der Waals surface area (Å²) in [6.07, 6.45) is 3.20. The Kier molecular flexibility index (Phi) is 4.62. The van der Waals surface area contributed by atoms with Gasteiger partial charge >= 0.3 is 0 Å². The standard InChI is InChI=1S/C19H24N2O2/c1-3-8-21(9-10-22)19(23)16-12-18(14-5-6-14)20-17-7-4-13(2)11-15(16)17/h4,7,11-12,14,22H,3,5-6,8-10H2,1-2H3. The van der Waals surface area contributed by atoms with Crippen molar-refractivity contribution in [2.45, 2.75) is 39.0 Å². The van der Waals surface area contributed by atoms with Gasteiger partial charge in [-0.3, -0.25) is 9.78 Å². The topological polar surface area (TPSA) is 53.4 Å². The first-order valence-electron chi connectivity index (χ1n) is 8.45. The Bertz CT molecular complexity index is 717. The van der Waals surface area contributed by atoms with Crippen LogP contribution in [0.25, 0.3) is 10.9 Å². The highest BCUT2D eigenvalue weighted by Gasteiger charge is 2.27. The van der Waals surface area contributed by atoms with Crippen molar-refractivity contribution < 1.29 is 9.90 Å². The number of aromatic nitrogens is 1. The first-order valence-corrected chi connectivity index (χ1v) is 8.45. The van der Waals surface area contributed by atoms with Crippen LogP contribution in [0.15, 0.2) is 24.3 Å². The Morgan fingerprint density at radius 3 is 2.74 bits per heavy atom. The number of aliphatic hydroxyl groups is 1. The summed E-state index contributed by atoms with van der Waals surface area (Å²) in [7, 11) is 0. The summed E-state index contributed by atoms with van der Waals surface area (Å²) in [4.78, 5) is 19.5. The van der Waals surface area contributed by atoms with Gasteiger partial charge in [0.25, 0.3) is 5.91 Å². The van der Waals surface area contributed by atoms with Gasteiger partial charge in [0.1, 0.15) is 0 Å². The Morgan fingerprint density at radius 2 is 2.09 bits per heavy atom. The first kappa shape index (κ1) is 15.9. The van der Waals surface area contributed by atoms with E-state index in [1.54, 1.807) is 4.90 Å². The molecular weight excluding hydrogens is 288 g/mol. The van der Waals surface area contributed by atoms with Crippen LogP contribution in [0.1, 0.15) is 53.7 Å². The molecule has 1 N–H and O–H groups in total. The highest BCUT2D eigenvalue weighted by Crippen LogP contribution is 2.40. The lowest BCUT2D eigenvalue weighted by molar-refractivity contribution is 0.0724. The van der Waals surface area contributed by atoms with E-state index in [0.29, 0.717) is 19.0 Å². The maximum absolute atomic E-state index is 13.0. The molecule has 23 heavy (non-hydrogen) atoms. The molecule has 0 aliphatic heterocycles. The largest absolute Gasteiger partial charge is 0.395 e. The fourth-order valence-electron chi connectivity index (χ4n) is 3.00. The van der Waals surface area contributed by atoms with Crippen LogP contribution < -0.4 is 0 Å². The highest BCUT2D eigenvalue weighted by atomic mass is 16.3. The maximum Gasteiger partial charge on any atom is 0.254 e. The van der Waals surface area contributed by atoms with Gasteiger partial charge < -0.3 is 10.0 Å². The zero-order valence-electron chi connectivity index (χ0n) is 13.9. The van der Waals surface area contributed by atoms with Crippen molar-refractivity contribution >= 4 is 16.8 Å². The molecule has 4 heteroatoms. The van der Waals surface area contributed by atoms with E-state index >= 15 is 0 Å². The Hall–Kier alpha value is -1.94. The van der Waals surface area contributed by atoms with Crippen molar-refractivity contribution in [3.8, 4) is 0 Å². The molecule has 1 heterocycles. The third-order valence-corrected chi connectivity index (χ3v) is 4.36. The Labute approximate surface area is 137 Å². The molecule has 0 unspecified atom stereocenters. The molecule has 1 amide bonds. The van der Waals surface area contributed by atoms with E-state index in [4.69, 9.17) is 4.98 Å². The van der Waals surface area contributed by atoms with Gasteiger partial charge in [0.05, 0.1) is 17.7 Å². The number of aryl methyl sites for hydroxylation is 1. The molecule has 2 aromatic rings. The van der Waals surface area contributed by atoms with Crippen molar-refractivity contribution in [1.82, 2.24) is 9.88 Å². The van der Waals surface area contributed by atoms with E-state index in [1.165, 1.54) is 0 Å². The number of aliphatic hydroxyl groups excluding tert-OH is 1. The number of hydrogen-bond donors (Lipinski definition) is 1. The lowest BCUT2D eigenvalue weighted by Crippen LogP contribution is -2.34. The van der Waals surface area contributed by atoms with Crippen LogP contribution in [0.2, 0.25) is 0 Å². The van der Waals surface area contributed by atoms with Gasteiger partial charge in [-0.1, -0.05) is 18.6 Å². The molecule has 122 valence electrons. The predicted molar refractivity (Wildman–Crippen MR) is 91.7 cm³/mol. The molecule has 0 atom stereocenters. The summed E-state index contributed by atoms with van der Waals surface area (Å²) in [5.74, 6) is 0.505. The zero-order valence-corrected chi connectivity index (χ0v) is 13.9. The monoisotopic (exact) mass is 312 g/mol. The van der Waals surface area contributed by atoms with Crippen LogP contribution in [0.3, 0.4) is 0 Å². The van der Waals surface area contributed by atoms with Crippen molar-refractivity contribution in [3.63, 3.8) is 0 Å². The number of amides is 1. The number of rotatable bonds is 6. The Balaban J connectivity index is 2.09. The van der Waals surface area contributed by atoms with Gasteiger partial charge in [-0.05, 0) is 44.4 Å². The fraction of sp³-hybridized carbons (Fsp3) is 0.474. The van der Waals surface area contributed by atoms with Gasteiger partial charge in [0, 0.05) is 30.1 Å². The molecule has 1 aromatic heterocycles. The van der Waals surface area contributed by atoms with Gasteiger partial charge in [-0.25, -0.2) is 0 Å². The van der Waals surface area contributed by atoms with E-state index in [2.05, 4.69) is 0 Å². The minimum absolute atomic E-state index is 0.000741. The van der Waals surface area contributed by atoms with Crippen LogP contribution in [-0.4, -0.2) is 40.6 Å². The maximum atomic E-state index is 13.0. The normalized spacial score (nSPS) is 14.2. The third-order valence-electron chi connectivity index (χ3n) is 4.36. The summed E-state index contributed by atoms with van der Waals surface area (Å²) >= 11 is 0. The summed E-state index contributed by atoms with van der Waals surface area (Å²) in [6, 6.07) is 8.05.